The molecule has 1 aliphatic rings. The second-order valence-corrected chi connectivity index (χ2v) is 2.76. The van der Waals surface area contributed by atoms with E-state index in [4.69, 9.17) is 10.2 Å². The molecule has 0 bridgehead atoms. The van der Waals surface area contributed by atoms with Crippen LogP contribution in [-0.2, 0) is 9.47 Å². The summed E-state index contributed by atoms with van der Waals surface area (Å²) in [5, 5.41) is 18.1. The molecule has 0 aromatic heterocycles. The van der Waals surface area contributed by atoms with Crippen molar-refractivity contribution in [2.24, 2.45) is 0 Å². The summed E-state index contributed by atoms with van der Waals surface area (Å²) in [6.07, 6.45) is 0.0647. The van der Waals surface area contributed by atoms with Gasteiger partial charge in [-0.25, -0.2) is 4.79 Å². The molecule has 1 rings (SSSR count). The Balaban J connectivity index is 2.47. The second-order valence-electron chi connectivity index (χ2n) is 2.76. The molecule has 5 nitrogen and oxygen atoms in total. The van der Waals surface area contributed by atoms with Crippen molar-refractivity contribution in [3.63, 3.8) is 0 Å². The SMILES string of the molecule is CCCCC1OC(=O)OC1(O)O. The molecule has 1 fully saturated rings. The smallest absolute Gasteiger partial charge is 0.421 e. The van der Waals surface area contributed by atoms with Gasteiger partial charge in [-0.2, -0.15) is 0 Å². The van der Waals surface area contributed by atoms with E-state index >= 15 is 0 Å². The summed E-state index contributed by atoms with van der Waals surface area (Å²) in [6.45, 7) is 1.95. The van der Waals surface area contributed by atoms with Gasteiger partial charge >= 0.3 is 12.1 Å². The van der Waals surface area contributed by atoms with Crippen molar-refractivity contribution in [2.75, 3.05) is 0 Å². The molecule has 0 aromatic rings. The number of aliphatic hydroxyl groups is 2. The Kier molecular flexibility index (Phi) is 2.54. The average Bonchev–Trinajstić information content (AvgIpc) is 2.20. The summed E-state index contributed by atoms with van der Waals surface area (Å²) in [5.41, 5.74) is 0. The summed E-state index contributed by atoms with van der Waals surface area (Å²) in [5.74, 6) is -2.44. The van der Waals surface area contributed by atoms with Gasteiger partial charge in [0, 0.05) is 0 Å². The maximum absolute atomic E-state index is 10.5. The van der Waals surface area contributed by atoms with Crippen LogP contribution in [0.4, 0.5) is 4.79 Å². The molecule has 1 aliphatic heterocycles. The maximum atomic E-state index is 10.5. The minimum atomic E-state index is -2.44. The molecule has 0 saturated carbocycles. The Morgan fingerprint density at radius 1 is 1.58 bits per heavy atom. The van der Waals surface area contributed by atoms with E-state index in [9.17, 15) is 4.79 Å². The molecule has 1 heterocycles. The van der Waals surface area contributed by atoms with E-state index in [-0.39, 0.29) is 0 Å². The van der Waals surface area contributed by atoms with Crippen LogP contribution < -0.4 is 0 Å². The maximum Gasteiger partial charge on any atom is 0.513 e. The third-order valence-electron chi connectivity index (χ3n) is 1.71. The van der Waals surface area contributed by atoms with Gasteiger partial charge in [0.15, 0.2) is 6.10 Å². The first kappa shape index (κ1) is 9.28. The van der Waals surface area contributed by atoms with E-state index in [1.807, 2.05) is 6.92 Å². The van der Waals surface area contributed by atoms with E-state index in [1.54, 1.807) is 0 Å². The van der Waals surface area contributed by atoms with Crippen LogP contribution in [-0.4, -0.2) is 28.4 Å². The summed E-state index contributed by atoms with van der Waals surface area (Å²) >= 11 is 0. The standard InChI is InChI=1S/C7H12O5/c1-2-3-4-5-7(9,10)12-6(8)11-5/h5,9-10H,2-4H2,1H3. The molecule has 5 heteroatoms. The van der Waals surface area contributed by atoms with Crippen LogP contribution in [0.1, 0.15) is 26.2 Å². The van der Waals surface area contributed by atoms with Crippen molar-refractivity contribution >= 4 is 6.16 Å². The van der Waals surface area contributed by atoms with Gasteiger partial charge in [0.05, 0.1) is 0 Å². The highest BCUT2D eigenvalue weighted by Crippen LogP contribution is 2.25. The number of carbonyl (C=O) groups excluding carboxylic acids is 1. The number of hydrogen-bond donors (Lipinski definition) is 2. The first-order valence-electron chi connectivity index (χ1n) is 3.90. The average molecular weight is 176 g/mol. The molecule has 1 atom stereocenters. The fourth-order valence-electron chi connectivity index (χ4n) is 1.04. The van der Waals surface area contributed by atoms with Crippen molar-refractivity contribution in [1.82, 2.24) is 0 Å². The summed E-state index contributed by atoms with van der Waals surface area (Å²) in [6, 6.07) is 0. The highest BCUT2D eigenvalue weighted by molar-refractivity contribution is 5.62. The van der Waals surface area contributed by atoms with Crippen LogP contribution >= 0.6 is 0 Å². The molecule has 0 spiro atoms. The van der Waals surface area contributed by atoms with Crippen LogP contribution in [0.2, 0.25) is 0 Å². The zero-order valence-corrected chi connectivity index (χ0v) is 6.82. The lowest BCUT2D eigenvalue weighted by molar-refractivity contribution is -0.310. The zero-order chi connectivity index (χ0) is 9.19. The molecule has 12 heavy (non-hydrogen) atoms. The molecule has 1 saturated heterocycles. The minimum Gasteiger partial charge on any atom is -0.421 e. The third kappa shape index (κ3) is 1.86. The predicted molar refractivity (Wildman–Crippen MR) is 38.0 cm³/mol. The van der Waals surface area contributed by atoms with Gasteiger partial charge in [-0.05, 0) is 12.8 Å². The third-order valence-corrected chi connectivity index (χ3v) is 1.71. The van der Waals surface area contributed by atoms with Crippen molar-refractivity contribution < 1.29 is 24.5 Å². The van der Waals surface area contributed by atoms with Crippen LogP contribution in [0.15, 0.2) is 0 Å². The van der Waals surface area contributed by atoms with E-state index in [0.29, 0.717) is 6.42 Å². The van der Waals surface area contributed by atoms with E-state index in [0.717, 1.165) is 12.8 Å². The molecule has 70 valence electrons. The van der Waals surface area contributed by atoms with Crippen molar-refractivity contribution in [1.29, 1.82) is 0 Å². The van der Waals surface area contributed by atoms with Gasteiger partial charge in [-0.3, -0.25) is 0 Å². The number of ether oxygens (including phenoxy) is 2. The highest BCUT2D eigenvalue weighted by atomic mass is 16.9. The summed E-state index contributed by atoms with van der Waals surface area (Å²) in [7, 11) is 0. The van der Waals surface area contributed by atoms with Gasteiger partial charge in [0.1, 0.15) is 0 Å². The van der Waals surface area contributed by atoms with Gasteiger partial charge in [0.25, 0.3) is 0 Å². The number of carbonyl (C=O) groups is 1. The van der Waals surface area contributed by atoms with Gasteiger partial charge in [0.2, 0.25) is 0 Å². The quantitative estimate of drug-likeness (QED) is 0.479. The second kappa shape index (κ2) is 3.28. The molecule has 0 aromatic carbocycles. The first-order chi connectivity index (χ1) is 5.56. The van der Waals surface area contributed by atoms with E-state index in [1.165, 1.54) is 0 Å². The van der Waals surface area contributed by atoms with Crippen LogP contribution in [0.5, 0.6) is 0 Å². The van der Waals surface area contributed by atoms with Gasteiger partial charge in [-0.1, -0.05) is 13.3 Å². The number of cyclic esters (lactones) is 2. The van der Waals surface area contributed by atoms with Gasteiger partial charge < -0.3 is 19.7 Å². The van der Waals surface area contributed by atoms with E-state index < -0.39 is 18.2 Å². The first-order valence-corrected chi connectivity index (χ1v) is 3.90. The summed E-state index contributed by atoms with van der Waals surface area (Å²) in [4.78, 5) is 10.5. The Bertz CT molecular complexity index is 177. The Hall–Kier alpha value is -0.810. The number of rotatable bonds is 3. The molecule has 0 amide bonds. The molecule has 2 N–H and O–H groups in total. The van der Waals surface area contributed by atoms with Crippen LogP contribution in [0.25, 0.3) is 0 Å². The van der Waals surface area contributed by atoms with E-state index in [2.05, 4.69) is 9.47 Å². The monoisotopic (exact) mass is 176 g/mol. The minimum absolute atomic E-state index is 0.398. The van der Waals surface area contributed by atoms with Crippen LogP contribution in [0, 0.1) is 0 Å². The molecule has 0 aliphatic carbocycles. The molecular formula is C7H12O5. The number of hydrogen-bond acceptors (Lipinski definition) is 5. The van der Waals surface area contributed by atoms with Crippen LogP contribution in [0.3, 0.4) is 0 Å². The fourth-order valence-corrected chi connectivity index (χ4v) is 1.04. The lowest BCUT2D eigenvalue weighted by Crippen LogP contribution is -2.39. The normalized spacial score (nSPS) is 26.6. The lowest BCUT2D eigenvalue weighted by atomic mass is 10.1. The topological polar surface area (TPSA) is 76.0 Å². The molecule has 0 radical (unpaired) electrons. The Morgan fingerprint density at radius 2 is 2.25 bits per heavy atom. The van der Waals surface area contributed by atoms with Crippen molar-refractivity contribution in [2.45, 2.75) is 38.3 Å². The number of unbranched alkanes of at least 4 members (excludes halogenated alkanes) is 1. The zero-order valence-electron chi connectivity index (χ0n) is 6.82. The highest BCUT2D eigenvalue weighted by Gasteiger charge is 2.48. The Morgan fingerprint density at radius 3 is 2.67 bits per heavy atom. The van der Waals surface area contributed by atoms with Gasteiger partial charge in [-0.15, -0.1) is 0 Å². The summed E-state index contributed by atoms with van der Waals surface area (Å²) < 4.78 is 8.63. The van der Waals surface area contributed by atoms with Crippen molar-refractivity contribution in [3.8, 4) is 0 Å². The molecule has 1 unspecified atom stereocenters. The fraction of sp³-hybridized carbons (Fsp3) is 0.857. The molecular weight excluding hydrogens is 164 g/mol. The predicted octanol–water partition coefficient (Wildman–Crippen LogP) is 0.350. The largest absolute Gasteiger partial charge is 0.513 e. The lowest BCUT2D eigenvalue weighted by Gasteiger charge is -2.17. The Labute approximate surface area is 69.9 Å². The van der Waals surface area contributed by atoms with Crippen molar-refractivity contribution in [3.05, 3.63) is 0 Å².